The van der Waals surface area contributed by atoms with Gasteiger partial charge in [-0.25, -0.2) is 4.79 Å². The quantitative estimate of drug-likeness (QED) is 0.0404. The van der Waals surface area contributed by atoms with Gasteiger partial charge in [-0.3, -0.25) is 13.8 Å². The molecule has 3 aliphatic heterocycles. The molecule has 0 bridgehead atoms. The van der Waals surface area contributed by atoms with Crippen molar-refractivity contribution in [2.75, 3.05) is 67.7 Å². The molecule has 1 aromatic carbocycles. The third kappa shape index (κ3) is 24.6. The predicted molar refractivity (Wildman–Crippen MR) is 300 cm³/mol. The summed E-state index contributed by atoms with van der Waals surface area (Å²) in [6.45, 7) is 19.2. The number of hydrogen-bond acceptors (Lipinski definition) is 21. The fourth-order valence-corrected chi connectivity index (χ4v) is 11.2. The number of ether oxygens (including phenoxy) is 4. The molecule has 23 nitrogen and oxygen atoms in total. The smallest absolute Gasteiger partial charge is 0.341 e. The SMILES string of the molecule is CC[C@H]1OC(=O)C(C)C[C@H](C)CC(C)(O)C[C@@H](C)/C(=N\OCOC)[C@H](C)[C@@H](O)C1(C)O.CNC.CO.COn1cc(C(=O)O)c(=O)c2cc(CCCNCCS(=O)(=O)O[C@@H]3C(C)C[C@H](O)OC3C)ccc21.C[C@@H]1CCC(O)CO1. The second-order valence-electron chi connectivity index (χ2n) is 21.5. The molecule has 2 aromatic rings. The molecule has 6 unspecified atom stereocenters. The van der Waals surface area contributed by atoms with Gasteiger partial charge in [-0.2, -0.15) is 13.1 Å². The van der Waals surface area contributed by atoms with E-state index < -0.39 is 75.3 Å². The van der Waals surface area contributed by atoms with Crippen molar-refractivity contribution in [1.82, 2.24) is 15.4 Å². The maximum absolute atomic E-state index is 12.7. The molecule has 0 radical (unpaired) electrons. The molecule has 0 saturated carbocycles. The number of hydrogen-bond donors (Lipinski definition) is 9. The number of carbonyl (C=O) groups is 2. The predicted octanol–water partition coefficient (Wildman–Crippen LogP) is 3.62. The summed E-state index contributed by atoms with van der Waals surface area (Å²) in [4.78, 5) is 47.0. The van der Waals surface area contributed by atoms with Crippen molar-refractivity contribution in [3.05, 3.63) is 45.7 Å². The zero-order valence-electron chi connectivity index (χ0n) is 49.5. The molecule has 0 spiro atoms. The fraction of sp³-hybridized carbons (Fsp3) is 0.782. The highest BCUT2D eigenvalue weighted by Gasteiger charge is 2.46. The largest absolute Gasteiger partial charge is 0.477 e. The number of esters is 1. The number of nitrogens with zero attached hydrogens (tertiary/aromatic N) is 2. The summed E-state index contributed by atoms with van der Waals surface area (Å²) in [7, 11) is 3.84. The minimum absolute atomic E-state index is 0.0596. The number of fused-ring (bicyclic) bond motifs is 1. The lowest BCUT2D eigenvalue weighted by Gasteiger charge is -2.40. The van der Waals surface area contributed by atoms with Gasteiger partial charge < -0.3 is 75.0 Å². The summed E-state index contributed by atoms with van der Waals surface area (Å²) in [5.74, 6) is -3.25. The Morgan fingerprint density at radius 2 is 1.58 bits per heavy atom. The number of carboxylic acids is 1. The highest BCUT2D eigenvalue weighted by atomic mass is 32.2. The minimum atomic E-state index is -3.77. The van der Waals surface area contributed by atoms with E-state index in [1.807, 2.05) is 47.9 Å². The monoisotopic (exact) mass is 1150 g/mol. The van der Waals surface area contributed by atoms with E-state index in [0.717, 1.165) is 31.7 Å². The van der Waals surface area contributed by atoms with Gasteiger partial charge in [0.25, 0.3) is 10.1 Å². The summed E-state index contributed by atoms with van der Waals surface area (Å²) < 4.78 is 52.2. The zero-order chi connectivity index (χ0) is 60.4. The van der Waals surface area contributed by atoms with Gasteiger partial charge in [-0.15, -0.1) is 0 Å². The van der Waals surface area contributed by atoms with E-state index in [0.29, 0.717) is 75.4 Å². The van der Waals surface area contributed by atoms with Crippen molar-refractivity contribution in [3.63, 3.8) is 0 Å². The number of methoxy groups -OCH3 is 1. The topological polar surface area (TPSA) is 333 Å². The lowest BCUT2D eigenvalue weighted by molar-refractivity contribution is -0.203. The van der Waals surface area contributed by atoms with Crippen LogP contribution >= 0.6 is 0 Å². The van der Waals surface area contributed by atoms with Crippen molar-refractivity contribution in [1.29, 1.82) is 0 Å². The highest BCUT2D eigenvalue weighted by Crippen LogP contribution is 2.35. The summed E-state index contributed by atoms with van der Waals surface area (Å²) in [6.07, 6.45) is 2.37. The summed E-state index contributed by atoms with van der Waals surface area (Å²) in [5.41, 5.74) is -1.84. The molecule has 458 valence electrons. The van der Waals surface area contributed by atoms with Crippen LogP contribution < -0.4 is 20.9 Å². The molecule has 3 saturated heterocycles. The number of aromatic carboxylic acids is 1. The summed E-state index contributed by atoms with van der Waals surface area (Å²) in [6, 6.07) is 5.19. The first-order valence-electron chi connectivity index (χ1n) is 27.2. The van der Waals surface area contributed by atoms with Crippen molar-refractivity contribution in [2.45, 2.75) is 181 Å². The van der Waals surface area contributed by atoms with Gasteiger partial charge in [0.1, 0.15) is 30.5 Å². The average Bonchev–Trinajstić information content (AvgIpc) is 3.38. The van der Waals surface area contributed by atoms with Crippen molar-refractivity contribution >= 4 is 38.7 Å². The molecule has 14 atom stereocenters. The number of oxime groups is 1. The molecular weight excluding hydrogens is 1050 g/mol. The number of aryl methyl sites for hydroxylation is 1. The molecule has 4 heterocycles. The Kier molecular flexibility index (Phi) is 33.2. The first kappa shape index (κ1) is 73.1. The van der Waals surface area contributed by atoms with Gasteiger partial charge in [0.05, 0.1) is 71.1 Å². The lowest BCUT2D eigenvalue weighted by Crippen LogP contribution is -2.56. The highest BCUT2D eigenvalue weighted by molar-refractivity contribution is 7.86. The van der Waals surface area contributed by atoms with Gasteiger partial charge in [-0.05, 0) is 129 Å². The molecule has 3 fully saturated rings. The maximum Gasteiger partial charge on any atom is 0.341 e. The number of pyridine rings is 1. The Balaban J connectivity index is 0.000000647. The van der Waals surface area contributed by atoms with Gasteiger partial charge in [0.15, 0.2) is 6.29 Å². The number of aromatic nitrogens is 1. The van der Waals surface area contributed by atoms with Crippen LogP contribution in [0.5, 0.6) is 0 Å². The van der Waals surface area contributed by atoms with Gasteiger partial charge in [0.2, 0.25) is 12.2 Å². The number of aliphatic hydroxyl groups excluding tert-OH is 4. The lowest BCUT2D eigenvalue weighted by atomic mass is 9.75. The number of benzene rings is 1. The van der Waals surface area contributed by atoms with Crippen molar-refractivity contribution in [3.8, 4) is 0 Å². The molecular formula is C55H98N4O19S. The van der Waals surface area contributed by atoms with E-state index in [1.165, 1.54) is 25.9 Å². The van der Waals surface area contributed by atoms with Crippen LogP contribution in [0.1, 0.15) is 137 Å². The Morgan fingerprint density at radius 1 is 0.937 bits per heavy atom. The number of carboxylic acid groups (broad SMARTS) is 1. The third-order valence-electron chi connectivity index (χ3n) is 13.9. The van der Waals surface area contributed by atoms with Crippen LogP contribution in [0.25, 0.3) is 10.9 Å². The number of rotatable bonds is 15. The normalized spacial score (nSPS) is 31.2. The molecule has 0 amide bonds. The van der Waals surface area contributed by atoms with E-state index >= 15 is 0 Å². The standard InChI is InChI=1S/C23H32N2O9S.C23H43NO7.C6H12O2.C2H7N.CH4O/c1-14-11-20(26)33-15(2)22(14)34-35(30,31)10-9-24-8-4-5-16-6-7-19-17(12-16)21(27)18(23(28)29)13-25(19)32-3;1-9-18-23(7,28)20(25)17(5)19(24-30-13-29-8)16(4)12-22(6,27)11-14(2)10-15(3)21(26)31-18;1-5-2-3-6(7)4-8-5;1-3-2;1-2/h6-7,12-15,20,22,24,26H,4-5,8-11H2,1-3H3,(H,28,29);14-18,20,25,27-28H,9-13H2,1-8H3;5-7H,2-4H2,1H3;3H,1-2H3;2H,1H3/b;24-19+;;;/t14?,15?,20-,22-;14-,15?,16+,17-,18+,20+,22?,23?;5-,6?;;/m101../s1. The number of cyclic esters (lactones) is 1. The molecule has 5 rings (SSSR count). The van der Waals surface area contributed by atoms with Crippen LogP contribution in [0.3, 0.4) is 0 Å². The van der Waals surface area contributed by atoms with E-state index in [4.69, 9.17) is 43.0 Å². The second kappa shape index (κ2) is 35.9. The van der Waals surface area contributed by atoms with Crippen molar-refractivity contribution in [2.24, 2.45) is 34.7 Å². The van der Waals surface area contributed by atoms with Gasteiger partial charge in [-0.1, -0.05) is 52.8 Å². The van der Waals surface area contributed by atoms with Crippen LogP contribution in [-0.2, 0) is 49.3 Å². The number of nitrogens with one attached hydrogen (secondary N) is 2. The van der Waals surface area contributed by atoms with Gasteiger partial charge in [0, 0.05) is 39.0 Å². The van der Waals surface area contributed by atoms with Crippen LogP contribution in [-0.4, -0.2) is 188 Å². The third-order valence-corrected chi connectivity index (χ3v) is 15.1. The number of aliphatic hydroxyl groups is 6. The molecule has 1 aromatic heterocycles. The second-order valence-corrected chi connectivity index (χ2v) is 23.2. The summed E-state index contributed by atoms with van der Waals surface area (Å²) >= 11 is 0. The van der Waals surface area contributed by atoms with Crippen LogP contribution in [0, 0.1) is 29.6 Å². The zero-order valence-corrected chi connectivity index (χ0v) is 50.3. The van der Waals surface area contributed by atoms with Crippen molar-refractivity contribution < 1.29 is 86.6 Å². The Labute approximate surface area is 468 Å². The van der Waals surface area contributed by atoms with Crippen LogP contribution in [0.2, 0.25) is 0 Å². The Bertz CT molecular complexity index is 2270. The maximum atomic E-state index is 12.7. The van der Waals surface area contributed by atoms with E-state index in [-0.39, 0.29) is 59.8 Å². The molecule has 3 aliphatic rings. The average molecular weight is 1150 g/mol. The Hall–Kier alpha value is -3.89. The molecule has 0 aliphatic carbocycles. The first-order chi connectivity index (χ1) is 37.0. The summed E-state index contributed by atoms with van der Waals surface area (Å²) in [5, 5.41) is 78.4. The fourth-order valence-electron chi connectivity index (χ4n) is 9.99. The van der Waals surface area contributed by atoms with Gasteiger partial charge >= 0.3 is 11.9 Å². The van der Waals surface area contributed by atoms with E-state index in [2.05, 4.69) is 15.8 Å². The van der Waals surface area contributed by atoms with E-state index in [1.54, 1.807) is 46.8 Å². The first-order valence-corrected chi connectivity index (χ1v) is 28.8. The minimum Gasteiger partial charge on any atom is -0.477 e. The number of carbonyl (C=O) groups excluding carboxylic acids is 1. The van der Waals surface area contributed by atoms with Crippen LogP contribution in [0.15, 0.2) is 34.3 Å². The van der Waals surface area contributed by atoms with E-state index in [9.17, 15) is 48.3 Å². The van der Waals surface area contributed by atoms with Crippen LogP contribution in [0.4, 0.5) is 0 Å². The molecule has 9 N–H and O–H groups in total. The molecule has 24 heteroatoms. The molecule has 79 heavy (non-hydrogen) atoms. The Morgan fingerprint density at radius 3 is 2.13 bits per heavy atom.